The summed E-state index contributed by atoms with van der Waals surface area (Å²) in [6.45, 7) is 12.0. The number of fused-ring (bicyclic) bond motifs is 1. The number of aryl methyl sites for hydroxylation is 2. The molecule has 0 aliphatic carbocycles. The van der Waals surface area contributed by atoms with Crippen molar-refractivity contribution < 1.29 is 4.74 Å². The number of nitrogens with zero attached hydrogens (tertiary/aromatic N) is 4. The summed E-state index contributed by atoms with van der Waals surface area (Å²) in [7, 11) is 0. The van der Waals surface area contributed by atoms with Crippen molar-refractivity contribution >= 4 is 0 Å². The molecule has 3 heterocycles. The highest BCUT2D eigenvalue weighted by Crippen LogP contribution is 2.19. The number of hydrogen-bond acceptors (Lipinski definition) is 4. The van der Waals surface area contributed by atoms with E-state index in [1.807, 2.05) is 0 Å². The van der Waals surface area contributed by atoms with Crippen LogP contribution in [-0.4, -0.2) is 65.0 Å². The second-order valence-electron chi connectivity index (χ2n) is 6.47. The van der Waals surface area contributed by atoms with Crippen molar-refractivity contribution in [1.82, 2.24) is 19.6 Å². The Hall–Kier alpha value is -1.07. The van der Waals surface area contributed by atoms with Crippen LogP contribution in [0.2, 0.25) is 0 Å². The van der Waals surface area contributed by atoms with Crippen molar-refractivity contribution in [3.05, 3.63) is 11.8 Å². The molecule has 2 aliphatic heterocycles. The first-order valence-electron chi connectivity index (χ1n) is 8.38. The van der Waals surface area contributed by atoms with Gasteiger partial charge in [0.1, 0.15) is 6.61 Å². The molecular formula is C16H28N4O. The van der Waals surface area contributed by atoms with Crippen LogP contribution in [0.3, 0.4) is 0 Å². The highest BCUT2D eigenvalue weighted by molar-refractivity contribution is 5.16. The first-order chi connectivity index (χ1) is 10.2. The minimum Gasteiger partial charge on any atom is -0.475 e. The highest BCUT2D eigenvalue weighted by Gasteiger charge is 2.18. The van der Waals surface area contributed by atoms with Crippen molar-refractivity contribution in [2.24, 2.45) is 0 Å². The maximum atomic E-state index is 5.85. The van der Waals surface area contributed by atoms with E-state index in [9.17, 15) is 0 Å². The molecular weight excluding hydrogens is 264 g/mol. The molecule has 0 aromatic carbocycles. The SMILES string of the molecule is CC(C)N1CCN(CCOc2cc3n(n2)CCCC3)CC1. The quantitative estimate of drug-likeness (QED) is 0.826. The third-order valence-electron chi connectivity index (χ3n) is 4.69. The fourth-order valence-corrected chi connectivity index (χ4v) is 3.24. The molecule has 5 heteroatoms. The molecule has 5 nitrogen and oxygen atoms in total. The predicted molar refractivity (Wildman–Crippen MR) is 83.8 cm³/mol. The highest BCUT2D eigenvalue weighted by atomic mass is 16.5. The van der Waals surface area contributed by atoms with Gasteiger partial charge in [-0.25, -0.2) is 0 Å². The molecule has 21 heavy (non-hydrogen) atoms. The molecule has 0 saturated carbocycles. The van der Waals surface area contributed by atoms with Gasteiger partial charge in [0, 0.05) is 57.1 Å². The zero-order valence-corrected chi connectivity index (χ0v) is 13.4. The third-order valence-corrected chi connectivity index (χ3v) is 4.69. The molecule has 0 unspecified atom stereocenters. The van der Waals surface area contributed by atoms with Crippen molar-refractivity contribution in [2.45, 2.75) is 45.7 Å². The third kappa shape index (κ3) is 3.77. The van der Waals surface area contributed by atoms with E-state index in [0.717, 1.165) is 45.1 Å². The molecule has 0 radical (unpaired) electrons. The van der Waals surface area contributed by atoms with E-state index in [0.29, 0.717) is 6.04 Å². The van der Waals surface area contributed by atoms with Gasteiger partial charge in [-0.3, -0.25) is 14.5 Å². The summed E-state index contributed by atoms with van der Waals surface area (Å²) in [5.41, 5.74) is 1.33. The van der Waals surface area contributed by atoms with Crippen LogP contribution in [-0.2, 0) is 13.0 Å². The minimum atomic E-state index is 0.667. The molecule has 2 aliphatic rings. The van der Waals surface area contributed by atoms with Gasteiger partial charge < -0.3 is 4.74 Å². The van der Waals surface area contributed by atoms with Gasteiger partial charge in [-0.05, 0) is 33.1 Å². The van der Waals surface area contributed by atoms with Crippen molar-refractivity contribution in [3.8, 4) is 5.88 Å². The number of ether oxygens (including phenoxy) is 1. The standard InChI is InChI=1S/C16H28N4O/c1-14(2)19-9-7-18(8-10-19)11-12-21-16-13-15-5-3-4-6-20(15)17-16/h13-14H,3-12H2,1-2H3. The maximum absolute atomic E-state index is 5.85. The lowest BCUT2D eigenvalue weighted by molar-refractivity contribution is 0.0963. The minimum absolute atomic E-state index is 0.667. The van der Waals surface area contributed by atoms with Gasteiger partial charge in [0.2, 0.25) is 5.88 Å². The Bertz CT molecular complexity index is 426. The lowest BCUT2D eigenvalue weighted by atomic mass is 10.1. The van der Waals surface area contributed by atoms with Crippen LogP contribution in [0.1, 0.15) is 32.4 Å². The summed E-state index contributed by atoms with van der Waals surface area (Å²) >= 11 is 0. The normalized spacial score (nSPS) is 20.7. The van der Waals surface area contributed by atoms with E-state index in [1.165, 1.54) is 31.6 Å². The Morgan fingerprint density at radius 3 is 2.67 bits per heavy atom. The smallest absolute Gasteiger partial charge is 0.233 e. The molecule has 1 aromatic heterocycles. The van der Waals surface area contributed by atoms with Crippen molar-refractivity contribution in [3.63, 3.8) is 0 Å². The molecule has 1 aromatic rings. The number of aromatic nitrogens is 2. The van der Waals surface area contributed by atoms with Crippen LogP contribution in [0.15, 0.2) is 6.07 Å². The molecule has 0 N–H and O–H groups in total. The van der Waals surface area contributed by atoms with Gasteiger partial charge in [0.25, 0.3) is 0 Å². The topological polar surface area (TPSA) is 33.5 Å². The summed E-state index contributed by atoms with van der Waals surface area (Å²) in [4.78, 5) is 5.04. The maximum Gasteiger partial charge on any atom is 0.233 e. The summed E-state index contributed by atoms with van der Waals surface area (Å²) in [5.74, 6) is 0.813. The zero-order chi connectivity index (χ0) is 14.7. The van der Waals surface area contributed by atoms with Crippen LogP contribution in [0.4, 0.5) is 0 Å². The average Bonchev–Trinajstić information content (AvgIpc) is 2.90. The number of piperazine rings is 1. The molecule has 0 bridgehead atoms. The molecule has 0 amide bonds. The number of rotatable bonds is 5. The number of hydrogen-bond donors (Lipinski definition) is 0. The predicted octanol–water partition coefficient (Wildman–Crippen LogP) is 1.62. The van der Waals surface area contributed by atoms with E-state index in [4.69, 9.17) is 4.74 Å². The van der Waals surface area contributed by atoms with E-state index in [2.05, 4.69) is 39.5 Å². The Morgan fingerprint density at radius 1 is 1.14 bits per heavy atom. The lowest BCUT2D eigenvalue weighted by Gasteiger charge is -2.36. The first kappa shape index (κ1) is 14.9. The molecule has 3 rings (SSSR count). The van der Waals surface area contributed by atoms with Crippen molar-refractivity contribution in [1.29, 1.82) is 0 Å². The molecule has 1 fully saturated rings. The Labute approximate surface area is 127 Å². The van der Waals surface area contributed by atoms with E-state index < -0.39 is 0 Å². The van der Waals surface area contributed by atoms with Crippen LogP contribution in [0, 0.1) is 0 Å². The fourth-order valence-electron chi connectivity index (χ4n) is 3.24. The van der Waals surface area contributed by atoms with Gasteiger partial charge in [-0.2, -0.15) is 0 Å². The summed E-state index contributed by atoms with van der Waals surface area (Å²) in [5, 5.41) is 4.54. The molecule has 0 spiro atoms. The first-order valence-corrected chi connectivity index (χ1v) is 8.38. The van der Waals surface area contributed by atoms with Crippen molar-refractivity contribution in [2.75, 3.05) is 39.3 Å². The second kappa shape index (κ2) is 6.79. The summed E-state index contributed by atoms with van der Waals surface area (Å²) in [6.07, 6.45) is 3.67. The Morgan fingerprint density at radius 2 is 1.95 bits per heavy atom. The zero-order valence-electron chi connectivity index (χ0n) is 13.4. The fraction of sp³-hybridized carbons (Fsp3) is 0.812. The van der Waals surface area contributed by atoms with Crippen LogP contribution >= 0.6 is 0 Å². The molecule has 0 atom stereocenters. The van der Waals surface area contributed by atoms with Gasteiger partial charge >= 0.3 is 0 Å². The average molecular weight is 292 g/mol. The lowest BCUT2D eigenvalue weighted by Crippen LogP contribution is -2.49. The van der Waals surface area contributed by atoms with Gasteiger partial charge in [0.15, 0.2) is 0 Å². The summed E-state index contributed by atoms with van der Waals surface area (Å²) < 4.78 is 7.96. The summed E-state index contributed by atoms with van der Waals surface area (Å²) in [6, 6.07) is 2.79. The van der Waals surface area contributed by atoms with E-state index >= 15 is 0 Å². The largest absolute Gasteiger partial charge is 0.475 e. The van der Waals surface area contributed by atoms with E-state index in [-0.39, 0.29) is 0 Å². The van der Waals surface area contributed by atoms with Gasteiger partial charge in [0.05, 0.1) is 0 Å². The van der Waals surface area contributed by atoms with E-state index in [1.54, 1.807) is 0 Å². The van der Waals surface area contributed by atoms with Crippen LogP contribution in [0.25, 0.3) is 0 Å². The Balaban J connectivity index is 1.39. The molecule has 1 saturated heterocycles. The Kier molecular flexibility index (Phi) is 4.80. The molecule has 118 valence electrons. The monoisotopic (exact) mass is 292 g/mol. The van der Waals surface area contributed by atoms with Crippen LogP contribution < -0.4 is 4.74 Å². The second-order valence-corrected chi connectivity index (χ2v) is 6.47. The van der Waals surface area contributed by atoms with Crippen LogP contribution in [0.5, 0.6) is 5.88 Å². The van der Waals surface area contributed by atoms with Gasteiger partial charge in [-0.1, -0.05) is 0 Å². The van der Waals surface area contributed by atoms with Gasteiger partial charge in [-0.15, -0.1) is 5.10 Å².